The lowest BCUT2D eigenvalue weighted by molar-refractivity contribution is -0.274. The molecular formula is C37H37F3N2O5. The molecule has 0 N–H and O–H groups in total. The predicted molar refractivity (Wildman–Crippen MR) is 169 cm³/mol. The molecule has 47 heavy (non-hydrogen) atoms. The SMILES string of the molecule is CC(=O)O[C@@]12CC[C@H](N(C)C(=O)C=Cc3cccc(OC(F)(F)F)c3)[C@@H]3Oc4cccc5c4[C@@]31CCN(CCc1ccccc1)[C@@H]2C5. The first kappa shape index (κ1) is 31.3. The van der Waals surface area contributed by atoms with Crippen LogP contribution >= 0.6 is 0 Å². The summed E-state index contributed by atoms with van der Waals surface area (Å²) >= 11 is 0. The lowest BCUT2D eigenvalue weighted by Crippen LogP contribution is -2.79. The van der Waals surface area contributed by atoms with Crippen LogP contribution in [-0.4, -0.2) is 72.0 Å². The number of hydrogen-bond acceptors (Lipinski definition) is 6. The summed E-state index contributed by atoms with van der Waals surface area (Å²) < 4.78 is 55.6. The van der Waals surface area contributed by atoms with E-state index in [1.54, 1.807) is 18.0 Å². The van der Waals surface area contributed by atoms with Crippen molar-refractivity contribution in [1.82, 2.24) is 9.80 Å². The van der Waals surface area contributed by atoms with Gasteiger partial charge in [0.25, 0.3) is 0 Å². The summed E-state index contributed by atoms with van der Waals surface area (Å²) in [6, 6.07) is 21.6. The number of halogens is 3. The Kier molecular flexibility index (Phi) is 7.82. The van der Waals surface area contributed by atoms with E-state index in [-0.39, 0.29) is 29.7 Å². The number of nitrogens with zero attached hydrogens (tertiary/aromatic N) is 2. The molecule has 5 atom stereocenters. The first-order chi connectivity index (χ1) is 22.5. The Hall–Kier alpha value is -4.31. The summed E-state index contributed by atoms with van der Waals surface area (Å²) in [5, 5.41) is 0. The molecule has 3 aromatic carbocycles. The van der Waals surface area contributed by atoms with E-state index in [0.717, 1.165) is 37.2 Å². The minimum absolute atomic E-state index is 0.0520. The fourth-order valence-corrected chi connectivity index (χ4v) is 8.85. The number of likely N-dealkylation sites (N-methyl/N-ethyl adjacent to an activating group) is 1. The van der Waals surface area contributed by atoms with E-state index in [2.05, 4.69) is 27.8 Å². The van der Waals surface area contributed by atoms with E-state index in [1.165, 1.54) is 48.4 Å². The number of esters is 1. The van der Waals surface area contributed by atoms with Crippen LogP contribution in [0, 0.1) is 0 Å². The highest BCUT2D eigenvalue weighted by Crippen LogP contribution is 2.65. The number of carbonyl (C=O) groups is 2. The number of likely N-dealkylation sites (tertiary alicyclic amines) is 1. The number of piperidine rings is 1. The van der Waals surface area contributed by atoms with Gasteiger partial charge in [0.05, 0.1) is 17.5 Å². The number of alkyl halides is 3. The van der Waals surface area contributed by atoms with Gasteiger partial charge in [0.15, 0.2) is 0 Å². The van der Waals surface area contributed by atoms with Crippen LogP contribution in [0.25, 0.3) is 6.08 Å². The Morgan fingerprint density at radius 2 is 1.85 bits per heavy atom. The van der Waals surface area contributed by atoms with Crippen LogP contribution in [0.5, 0.6) is 11.5 Å². The van der Waals surface area contributed by atoms with Crippen LogP contribution < -0.4 is 9.47 Å². The quantitative estimate of drug-likeness (QED) is 0.218. The van der Waals surface area contributed by atoms with Crippen molar-refractivity contribution in [1.29, 1.82) is 0 Å². The average molecular weight is 647 g/mol. The van der Waals surface area contributed by atoms with Gasteiger partial charge in [-0.05, 0) is 79.6 Å². The summed E-state index contributed by atoms with van der Waals surface area (Å²) in [7, 11) is 1.73. The van der Waals surface area contributed by atoms with Crippen molar-refractivity contribution >= 4 is 18.0 Å². The highest BCUT2D eigenvalue weighted by Gasteiger charge is 2.75. The van der Waals surface area contributed by atoms with Crippen LogP contribution in [-0.2, 0) is 32.6 Å². The molecule has 2 aliphatic carbocycles. The Morgan fingerprint density at radius 1 is 1.06 bits per heavy atom. The summed E-state index contributed by atoms with van der Waals surface area (Å²) in [6.45, 7) is 3.11. The van der Waals surface area contributed by atoms with E-state index in [1.807, 2.05) is 30.3 Å². The number of rotatable bonds is 8. The summed E-state index contributed by atoms with van der Waals surface area (Å²) in [6.07, 6.45) is 1.03. The monoisotopic (exact) mass is 646 g/mol. The number of benzene rings is 3. The summed E-state index contributed by atoms with van der Waals surface area (Å²) in [4.78, 5) is 30.7. The highest BCUT2D eigenvalue weighted by atomic mass is 19.4. The van der Waals surface area contributed by atoms with Crippen molar-refractivity contribution in [2.24, 2.45) is 0 Å². The first-order valence-corrected chi connectivity index (χ1v) is 16.1. The van der Waals surface area contributed by atoms with Gasteiger partial charge in [-0.1, -0.05) is 54.6 Å². The van der Waals surface area contributed by atoms with E-state index in [4.69, 9.17) is 9.47 Å². The maximum atomic E-state index is 13.6. The molecule has 2 heterocycles. The molecule has 2 bridgehead atoms. The van der Waals surface area contributed by atoms with Crippen LogP contribution in [0.1, 0.15) is 48.4 Å². The molecule has 1 amide bonds. The number of amides is 1. The van der Waals surface area contributed by atoms with Crippen LogP contribution in [0.4, 0.5) is 13.2 Å². The van der Waals surface area contributed by atoms with Gasteiger partial charge in [-0.15, -0.1) is 13.2 Å². The molecule has 1 saturated heterocycles. The fourth-order valence-electron chi connectivity index (χ4n) is 8.85. The lowest BCUT2D eigenvalue weighted by atomic mass is 9.48. The minimum Gasteiger partial charge on any atom is -0.487 e. The van der Waals surface area contributed by atoms with E-state index in [9.17, 15) is 22.8 Å². The maximum absolute atomic E-state index is 13.6. The zero-order valence-electron chi connectivity index (χ0n) is 26.3. The largest absolute Gasteiger partial charge is 0.573 e. The van der Waals surface area contributed by atoms with Crippen LogP contribution in [0.2, 0.25) is 0 Å². The minimum atomic E-state index is -4.81. The molecule has 0 radical (unpaired) electrons. The zero-order valence-corrected chi connectivity index (χ0v) is 26.3. The van der Waals surface area contributed by atoms with Crippen LogP contribution in [0.15, 0.2) is 78.9 Å². The van der Waals surface area contributed by atoms with Gasteiger partial charge in [0, 0.05) is 32.2 Å². The number of ether oxygens (including phenoxy) is 3. The predicted octanol–water partition coefficient (Wildman–Crippen LogP) is 6.09. The van der Waals surface area contributed by atoms with Crippen molar-refractivity contribution in [3.05, 3.63) is 101 Å². The average Bonchev–Trinajstić information content (AvgIpc) is 3.37. The topological polar surface area (TPSA) is 68.3 Å². The second kappa shape index (κ2) is 11.7. The third-order valence-corrected chi connectivity index (χ3v) is 10.6. The molecular weight excluding hydrogens is 609 g/mol. The van der Waals surface area contributed by atoms with Gasteiger partial charge in [-0.25, -0.2) is 0 Å². The third kappa shape index (κ3) is 5.36. The summed E-state index contributed by atoms with van der Waals surface area (Å²) in [5.41, 5.74) is 2.49. The Balaban J connectivity index is 1.20. The maximum Gasteiger partial charge on any atom is 0.573 e. The second-order valence-corrected chi connectivity index (χ2v) is 13.0. The molecule has 0 unspecified atom stereocenters. The van der Waals surface area contributed by atoms with Crippen LogP contribution in [0.3, 0.4) is 0 Å². The molecule has 1 spiro atoms. The molecule has 7 nitrogen and oxygen atoms in total. The Morgan fingerprint density at radius 3 is 2.62 bits per heavy atom. The Labute approximate surface area is 271 Å². The van der Waals surface area contributed by atoms with Crippen molar-refractivity contribution < 1.29 is 37.0 Å². The molecule has 10 heteroatoms. The summed E-state index contributed by atoms with van der Waals surface area (Å²) in [5.74, 6) is -0.206. The molecule has 4 aliphatic rings. The van der Waals surface area contributed by atoms with Crippen molar-refractivity contribution in [2.75, 3.05) is 20.1 Å². The lowest BCUT2D eigenvalue weighted by Gasteiger charge is -2.65. The molecule has 2 fully saturated rings. The van der Waals surface area contributed by atoms with Crippen molar-refractivity contribution in [3.8, 4) is 11.5 Å². The highest BCUT2D eigenvalue weighted by molar-refractivity contribution is 5.92. The normalized spacial score (nSPS) is 27.6. The standard InChI is InChI=1S/C37H37F3N2O5/c1-24(43)46-36-18-16-29(41(2)32(44)15-14-26-10-6-12-28(22-26)47-37(38,39)40)34-35(36)19-21-42(20-17-25-8-4-3-5-9-25)31(36)23-27-11-7-13-30(45-34)33(27)35/h3-15,22,29,31,34H,16-21,23H2,1-2H3/t29-,31+,34-,35-,36+/m0/s1. The molecule has 1 saturated carbocycles. The smallest absolute Gasteiger partial charge is 0.487 e. The zero-order chi connectivity index (χ0) is 33.0. The van der Waals surface area contributed by atoms with E-state index in [0.29, 0.717) is 24.8 Å². The first-order valence-electron chi connectivity index (χ1n) is 16.1. The molecule has 0 aromatic heterocycles. The van der Waals surface area contributed by atoms with Crippen molar-refractivity contribution in [3.63, 3.8) is 0 Å². The van der Waals surface area contributed by atoms with Gasteiger partial charge >= 0.3 is 12.3 Å². The molecule has 7 rings (SSSR count). The van der Waals surface area contributed by atoms with Gasteiger partial charge in [-0.2, -0.15) is 0 Å². The Bertz CT molecular complexity index is 1710. The molecule has 246 valence electrons. The van der Waals surface area contributed by atoms with Gasteiger partial charge in [-0.3, -0.25) is 14.5 Å². The number of carbonyl (C=O) groups excluding carboxylic acids is 2. The van der Waals surface area contributed by atoms with Gasteiger partial charge in [0.1, 0.15) is 23.2 Å². The fraction of sp³-hybridized carbons (Fsp3) is 0.405. The van der Waals surface area contributed by atoms with E-state index >= 15 is 0 Å². The molecule has 3 aromatic rings. The van der Waals surface area contributed by atoms with Gasteiger partial charge < -0.3 is 19.1 Å². The molecule has 2 aliphatic heterocycles. The number of hydrogen-bond donors (Lipinski definition) is 0. The van der Waals surface area contributed by atoms with E-state index < -0.39 is 23.5 Å². The third-order valence-electron chi connectivity index (χ3n) is 10.6. The van der Waals surface area contributed by atoms with Gasteiger partial charge in [0.2, 0.25) is 5.91 Å². The second-order valence-electron chi connectivity index (χ2n) is 13.0. The van der Waals surface area contributed by atoms with Crippen molar-refractivity contribution in [2.45, 2.75) is 74.6 Å².